The first-order chi connectivity index (χ1) is 7.32. The van der Waals surface area contributed by atoms with Crippen LogP contribution in [0.5, 0.6) is 0 Å². The van der Waals surface area contributed by atoms with Crippen molar-refractivity contribution in [3.63, 3.8) is 0 Å². The molecule has 0 radical (unpaired) electrons. The topological polar surface area (TPSA) is 46.2 Å². The molecule has 0 bridgehead atoms. The van der Waals surface area contributed by atoms with Crippen molar-refractivity contribution >= 4 is 0 Å². The smallest absolute Gasteiger partial charge is 0.388 e. The van der Waals surface area contributed by atoms with Crippen LogP contribution < -0.4 is 5.73 Å². The van der Waals surface area contributed by atoms with E-state index in [2.05, 4.69) is 0 Å². The zero-order chi connectivity index (χ0) is 12.3. The predicted octanol–water partition coefficient (Wildman–Crippen LogP) is 2.14. The highest BCUT2D eigenvalue weighted by atomic mass is 19.4. The number of alkyl halides is 3. The minimum absolute atomic E-state index is 0.179. The van der Waals surface area contributed by atoms with Crippen molar-refractivity contribution in [2.24, 2.45) is 5.73 Å². The molecule has 2 nitrogen and oxygen atoms in total. The van der Waals surface area contributed by atoms with E-state index in [0.717, 1.165) is 6.07 Å². The van der Waals surface area contributed by atoms with Crippen LogP contribution in [0.15, 0.2) is 24.3 Å². The Morgan fingerprint density at radius 2 is 1.81 bits per heavy atom. The number of benzene rings is 1. The normalized spacial score (nSPS) is 15.9. The first kappa shape index (κ1) is 12.9. The fraction of sp³-hybridized carbons (Fsp3) is 0.400. The Kier molecular flexibility index (Phi) is 3.88. The molecule has 90 valence electrons. The van der Waals surface area contributed by atoms with Crippen molar-refractivity contribution in [2.45, 2.75) is 24.7 Å². The zero-order valence-electron chi connectivity index (χ0n) is 8.21. The van der Waals surface area contributed by atoms with Gasteiger partial charge in [0, 0.05) is 12.0 Å². The number of aliphatic hydroxyl groups excluding tert-OH is 1. The average molecular weight is 237 g/mol. The molecule has 0 aliphatic heterocycles. The van der Waals surface area contributed by atoms with E-state index in [4.69, 9.17) is 5.73 Å². The lowest BCUT2D eigenvalue weighted by Gasteiger charge is -2.19. The summed E-state index contributed by atoms with van der Waals surface area (Å²) in [5, 5.41) is 9.42. The van der Waals surface area contributed by atoms with E-state index >= 15 is 0 Å². The molecular formula is C10H11F4NO. The summed E-state index contributed by atoms with van der Waals surface area (Å²) in [6.45, 7) is 0. The van der Waals surface area contributed by atoms with Gasteiger partial charge in [0.05, 0.1) is 6.10 Å². The molecule has 0 aliphatic rings. The molecule has 0 aliphatic carbocycles. The summed E-state index contributed by atoms with van der Waals surface area (Å²) in [4.78, 5) is 0. The predicted molar refractivity (Wildman–Crippen MR) is 50.0 cm³/mol. The number of nitrogens with two attached hydrogens (primary N) is 1. The van der Waals surface area contributed by atoms with E-state index in [9.17, 15) is 22.7 Å². The summed E-state index contributed by atoms with van der Waals surface area (Å²) in [7, 11) is 0. The molecule has 1 rings (SSSR count). The Labute approximate surface area is 89.7 Å². The largest absolute Gasteiger partial charge is 0.403 e. The molecule has 3 N–H and O–H groups in total. The summed E-state index contributed by atoms with van der Waals surface area (Å²) >= 11 is 0. The van der Waals surface area contributed by atoms with Crippen molar-refractivity contribution in [1.82, 2.24) is 0 Å². The number of hydrogen-bond donors (Lipinski definition) is 2. The SMILES string of the molecule is N[C@@H](C[C@@H](O)c1ccccc1F)C(F)(F)F. The van der Waals surface area contributed by atoms with Crippen molar-refractivity contribution in [1.29, 1.82) is 0 Å². The molecule has 0 fully saturated rings. The molecule has 6 heteroatoms. The molecular weight excluding hydrogens is 226 g/mol. The van der Waals surface area contributed by atoms with Gasteiger partial charge in [-0.3, -0.25) is 0 Å². The summed E-state index contributed by atoms with van der Waals surface area (Å²) < 4.78 is 49.4. The lowest BCUT2D eigenvalue weighted by atomic mass is 10.0. The quantitative estimate of drug-likeness (QED) is 0.791. The minimum atomic E-state index is -4.59. The van der Waals surface area contributed by atoms with E-state index in [1.54, 1.807) is 0 Å². The van der Waals surface area contributed by atoms with Gasteiger partial charge in [-0.15, -0.1) is 0 Å². The molecule has 16 heavy (non-hydrogen) atoms. The van der Waals surface area contributed by atoms with Gasteiger partial charge < -0.3 is 10.8 Å². The maximum absolute atomic E-state index is 13.1. The highest BCUT2D eigenvalue weighted by Gasteiger charge is 2.38. The van der Waals surface area contributed by atoms with Crippen molar-refractivity contribution in [2.75, 3.05) is 0 Å². The lowest BCUT2D eigenvalue weighted by Crippen LogP contribution is -2.38. The van der Waals surface area contributed by atoms with E-state index in [1.165, 1.54) is 18.2 Å². The third-order valence-electron chi connectivity index (χ3n) is 2.16. The van der Waals surface area contributed by atoms with Crippen molar-refractivity contribution in [3.8, 4) is 0 Å². The second-order valence-corrected chi connectivity index (χ2v) is 3.42. The number of hydrogen-bond acceptors (Lipinski definition) is 2. The molecule has 0 unspecified atom stereocenters. The first-order valence-electron chi connectivity index (χ1n) is 4.57. The van der Waals surface area contributed by atoms with Gasteiger partial charge in [-0.2, -0.15) is 13.2 Å². The highest BCUT2D eigenvalue weighted by Crippen LogP contribution is 2.27. The molecule has 2 atom stereocenters. The Morgan fingerprint density at radius 3 is 2.31 bits per heavy atom. The Morgan fingerprint density at radius 1 is 1.25 bits per heavy atom. The number of rotatable bonds is 3. The van der Waals surface area contributed by atoms with Gasteiger partial charge in [-0.1, -0.05) is 18.2 Å². The molecule has 1 aromatic carbocycles. The van der Waals surface area contributed by atoms with E-state index in [-0.39, 0.29) is 5.56 Å². The van der Waals surface area contributed by atoms with Gasteiger partial charge in [0.2, 0.25) is 0 Å². The third kappa shape index (κ3) is 3.18. The Balaban J connectivity index is 2.73. The molecule has 0 saturated carbocycles. The fourth-order valence-electron chi connectivity index (χ4n) is 1.25. The monoisotopic (exact) mass is 237 g/mol. The highest BCUT2D eigenvalue weighted by molar-refractivity contribution is 5.19. The standard InChI is InChI=1S/C10H11F4NO/c11-7-4-2-1-3-6(7)8(16)5-9(15)10(12,13)14/h1-4,8-9,16H,5,15H2/t8-,9+/m1/s1. The van der Waals surface area contributed by atoms with E-state index in [0.29, 0.717) is 0 Å². The maximum Gasteiger partial charge on any atom is 0.403 e. The summed E-state index contributed by atoms with van der Waals surface area (Å²) in [6.07, 6.45) is -6.91. The number of halogens is 4. The molecule has 0 heterocycles. The van der Waals surface area contributed by atoms with Crippen LogP contribution in [0.4, 0.5) is 17.6 Å². The van der Waals surface area contributed by atoms with Crippen LogP contribution in [0, 0.1) is 5.82 Å². The van der Waals surface area contributed by atoms with E-state index in [1.807, 2.05) is 0 Å². The van der Waals surface area contributed by atoms with Gasteiger partial charge in [0.15, 0.2) is 0 Å². The molecule has 0 saturated heterocycles. The van der Waals surface area contributed by atoms with Crippen molar-refractivity contribution in [3.05, 3.63) is 35.6 Å². The van der Waals surface area contributed by atoms with Crippen LogP contribution >= 0.6 is 0 Å². The zero-order valence-corrected chi connectivity index (χ0v) is 8.21. The van der Waals surface area contributed by atoms with Crippen LogP contribution in [0.25, 0.3) is 0 Å². The number of aliphatic hydroxyl groups is 1. The van der Waals surface area contributed by atoms with Crippen LogP contribution in [0.3, 0.4) is 0 Å². The van der Waals surface area contributed by atoms with Gasteiger partial charge in [0.1, 0.15) is 11.9 Å². The van der Waals surface area contributed by atoms with E-state index < -0.39 is 30.6 Å². The second kappa shape index (κ2) is 4.80. The molecule has 0 spiro atoms. The van der Waals surface area contributed by atoms with Crippen LogP contribution in [0.1, 0.15) is 18.1 Å². The van der Waals surface area contributed by atoms with Gasteiger partial charge in [-0.25, -0.2) is 4.39 Å². The van der Waals surface area contributed by atoms with Gasteiger partial charge >= 0.3 is 6.18 Å². The van der Waals surface area contributed by atoms with Gasteiger partial charge in [-0.05, 0) is 6.07 Å². The summed E-state index contributed by atoms with van der Waals surface area (Å²) in [5.74, 6) is -0.746. The van der Waals surface area contributed by atoms with Crippen LogP contribution in [-0.4, -0.2) is 17.3 Å². The van der Waals surface area contributed by atoms with Gasteiger partial charge in [0.25, 0.3) is 0 Å². The van der Waals surface area contributed by atoms with Crippen LogP contribution in [-0.2, 0) is 0 Å². The lowest BCUT2D eigenvalue weighted by molar-refractivity contribution is -0.154. The molecule has 0 amide bonds. The average Bonchev–Trinajstić information content (AvgIpc) is 2.16. The fourth-order valence-corrected chi connectivity index (χ4v) is 1.25. The second-order valence-electron chi connectivity index (χ2n) is 3.42. The summed E-state index contributed by atoms with van der Waals surface area (Å²) in [5.41, 5.74) is 4.65. The summed E-state index contributed by atoms with van der Waals surface area (Å²) in [6, 6.07) is 2.94. The third-order valence-corrected chi connectivity index (χ3v) is 2.16. The minimum Gasteiger partial charge on any atom is -0.388 e. The molecule has 0 aromatic heterocycles. The Bertz CT molecular complexity index is 353. The Hall–Kier alpha value is -1.14. The van der Waals surface area contributed by atoms with Crippen LogP contribution in [0.2, 0.25) is 0 Å². The molecule has 1 aromatic rings. The maximum atomic E-state index is 13.1. The van der Waals surface area contributed by atoms with Crippen molar-refractivity contribution < 1.29 is 22.7 Å². The first-order valence-corrected chi connectivity index (χ1v) is 4.57.